The van der Waals surface area contributed by atoms with Gasteiger partial charge in [-0.3, -0.25) is 4.79 Å². The third-order valence-electron chi connectivity index (χ3n) is 3.58. The van der Waals surface area contributed by atoms with Crippen molar-refractivity contribution in [2.24, 2.45) is 0 Å². The average molecular weight is 332 g/mol. The Bertz CT molecular complexity index is 689. The molecule has 0 fully saturated rings. The molecule has 1 N–H and O–H groups in total. The van der Waals surface area contributed by atoms with E-state index in [4.69, 9.17) is 9.47 Å². The summed E-state index contributed by atoms with van der Waals surface area (Å²) in [5.74, 6) is 0.663. The van der Waals surface area contributed by atoms with Gasteiger partial charge in [0, 0.05) is 24.0 Å². The molecule has 0 aliphatic heterocycles. The molecule has 2 rings (SSSR count). The van der Waals surface area contributed by atoms with Crippen molar-refractivity contribution in [1.29, 1.82) is 0 Å². The number of amides is 1. The molecule has 0 heterocycles. The zero-order valence-corrected chi connectivity index (χ0v) is 14.0. The lowest BCUT2D eigenvalue weighted by Gasteiger charge is -2.22. The highest BCUT2D eigenvalue weighted by Gasteiger charge is 2.12. The van der Waals surface area contributed by atoms with Gasteiger partial charge in [-0.15, -0.1) is 0 Å². The fourth-order valence-electron chi connectivity index (χ4n) is 2.33. The van der Waals surface area contributed by atoms with Crippen LogP contribution in [-0.2, 0) is 4.79 Å². The molecule has 2 aromatic carbocycles. The second kappa shape index (κ2) is 8.19. The van der Waals surface area contributed by atoms with Crippen LogP contribution in [0.25, 0.3) is 0 Å². The summed E-state index contributed by atoms with van der Waals surface area (Å²) in [7, 11) is 3.09. The Balaban J connectivity index is 2.05. The van der Waals surface area contributed by atoms with Crippen molar-refractivity contribution < 1.29 is 18.7 Å². The molecule has 6 heteroatoms. The summed E-state index contributed by atoms with van der Waals surface area (Å²) in [6.45, 7) is 2.73. The fourth-order valence-corrected chi connectivity index (χ4v) is 2.33. The molecule has 0 unspecified atom stereocenters. The molecule has 1 amide bonds. The van der Waals surface area contributed by atoms with Crippen molar-refractivity contribution in [3.63, 3.8) is 0 Å². The second-order valence-corrected chi connectivity index (χ2v) is 5.11. The lowest BCUT2D eigenvalue weighted by molar-refractivity contribution is -0.115. The van der Waals surface area contributed by atoms with Crippen molar-refractivity contribution in [2.75, 3.05) is 37.5 Å². The third-order valence-corrected chi connectivity index (χ3v) is 3.58. The van der Waals surface area contributed by atoms with Crippen molar-refractivity contribution in [3.8, 4) is 11.5 Å². The van der Waals surface area contributed by atoms with Crippen LogP contribution in [0.1, 0.15) is 6.92 Å². The SMILES string of the molecule is CCN(CC(=O)Nc1ccc(OC)c(OC)c1)c1ccc(F)cc1. The van der Waals surface area contributed by atoms with Crippen LogP contribution in [0.15, 0.2) is 42.5 Å². The largest absolute Gasteiger partial charge is 0.493 e. The summed E-state index contributed by atoms with van der Waals surface area (Å²) >= 11 is 0. The van der Waals surface area contributed by atoms with Gasteiger partial charge in [-0.05, 0) is 43.3 Å². The number of hydrogen-bond acceptors (Lipinski definition) is 4. The molecule has 0 spiro atoms. The highest BCUT2D eigenvalue weighted by atomic mass is 19.1. The summed E-state index contributed by atoms with van der Waals surface area (Å²) < 4.78 is 23.4. The first-order valence-electron chi connectivity index (χ1n) is 7.59. The molecule has 2 aromatic rings. The number of rotatable bonds is 7. The van der Waals surface area contributed by atoms with Gasteiger partial charge >= 0.3 is 0 Å². The number of carbonyl (C=O) groups excluding carboxylic acids is 1. The van der Waals surface area contributed by atoms with Gasteiger partial charge in [0.05, 0.1) is 20.8 Å². The number of nitrogens with zero attached hydrogens (tertiary/aromatic N) is 1. The second-order valence-electron chi connectivity index (χ2n) is 5.11. The number of carbonyl (C=O) groups is 1. The van der Waals surface area contributed by atoms with Crippen LogP contribution in [0.3, 0.4) is 0 Å². The minimum atomic E-state index is -0.301. The molecule has 0 atom stereocenters. The molecular formula is C18H21FN2O3. The maximum atomic E-state index is 13.0. The summed E-state index contributed by atoms with van der Waals surface area (Å²) in [6, 6.07) is 11.2. The molecule has 128 valence electrons. The fraction of sp³-hybridized carbons (Fsp3) is 0.278. The Morgan fingerprint density at radius 2 is 1.75 bits per heavy atom. The van der Waals surface area contributed by atoms with E-state index in [9.17, 15) is 9.18 Å². The third kappa shape index (κ3) is 4.38. The van der Waals surface area contributed by atoms with Gasteiger partial charge in [0.25, 0.3) is 0 Å². The predicted octanol–water partition coefficient (Wildman–Crippen LogP) is 3.31. The first kappa shape index (κ1) is 17.6. The van der Waals surface area contributed by atoms with Gasteiger partial charge in [0.2, 0.25) is 5.91 Å². The highest BCUT2D eigenvalue weighted by molar-refractivity contribution is 5.94. The van der Waals surface area contributed by atoms with E-state index in [1.807, 2.05) is 11.8 Å². The van der Waals surface area contributed by atoms with Crippen LogP contribution < -0.4 is 19.7 Å². The Morgan fingerprint density at radius 3 is 2.33 bits per heavy atom. The van der Waals surface area contributed by atoms with Gasteiger partial charge in [-0.1, -0.05) is 0 Å². The maximum absolute atomic E-state index is 13.0. The summed E-state index contributed by atoms with van der Waals surface area (Å²) in [5, 5.41) is 2.82. The Labute approximate surface area is 141 Å². The molecule has 0 aliphatic carbocycles. The van der Waals surface area contributed by atoms with E-state index in [0.29, 0.717) is 23.7 Å². The molecule has 0 radical (unpaired) electrons. The number of hydrogen-bond donors (Lipinski definition) is 1. The molecular weight excluding hydrogens is 311 g/mol. The number of ether oxygens (including phenoxy) is 2. The average Bonchev–Trinajstić information content (AvgIpc) is 2.60. The molecule has 5 nitrogen and oxygen atoms in total. The van der Waals surface area contributed by atoms with Crippen LogP contribution in [0.4, 0.5) is 15.8 Å². The van der Waals surface area contributed by atoms with Gasteiger partial charge < -0.3 is 19.7 Å². The Kier molecular flexibility index (Phi) is 6.01. The number of likely N-dealkylation sites (N-methyl/N-ethyl adjacent to an activating group) is 1. The molecule has 0 saturated heterocycles. The Hall–Kier alpha value is -2.76. The normalized spacial score (nSPS) is 10.2. The number of anilines is 2. The first-order chi connectivity index (χ1) is 11.6. The smallest absolute Gasteiger partial charge is 0.243 e. The summed E-state index contributed by atoms with van der Waals surface area (Å²) in [5.41, 5.74) is 1.41. The van der Waals surface area contributed by atoms with E-state index >= 15 is 0 Å². The topological polar surface area (TPSA) is 50.8 Å². The molecule has 24 heavy (non-hydrogen) atoms. The van der Waals surface area contributed by atoms with E-state index in [1.54, 1.807) is 37.4 Å². The maximum Gasteiger partial charge on any atom is 0.243 e. The molecule has 0 bridgehead atoms. The lowest BCUT2D eigenvalue weighted by atomic mass is 10.2. The van der Waals surface area contributed by atoms with E-state index < -0.39 is 0 Å². The van der Waals surface area contributed by atoms with Crippen molar-refractivity contribution >= 4 is 17.3 Å². The minimum absolute atomic E-state index is 0.163. The van der Waals surface area contributed by atoms with E-state index in [0.717, 1.165) is 5.69 Å². The van der Waals surface area contributed by atoms with Crippen LogP contribution in [-0.4, -0.2) is 33.2 Å². The van der Waals surface area contributed by atoms with E-state index in [1.165, 1.54) is 19.2 Å². The van der Waals surface area contributed by atoms with E-state index in [2.05, 4.69) is 5.32 Å². The quantitative estimate of drug-likeness (QED) is 0.845. The summed E-state index contributed by atoms with van der Waals surface area (Å²) in [4.78, 5) is 14.1. The highest BCUT2D eigenvalue weighted by Crippen LogP contribution is 2.29. The van der Waals surface area contributed by atoms with Gasteiger partial charge in [0.1, 0.15) is 5.82 Å². The van der Waals surface area contributed by atoms with Crippen molar-refractivity contribution in [1.82, 2.24) is 0 Å². The van der Waals surface area contributed by atoms with Crippen LogP contribution in [0, 0.1) is 5.82 Å². The zero-order valence-electron chi connectivity index (χ0n) is 14.0. The zero-order chi connectivity index (χ0) is 17.5. The predicted molar refractivity (Wildman–Crippen MR) is 92.5 cm³/mol. The van der Waals surface area contributed by atoms with Crippen LogP contribution >= 0.6 is 0 Å². The van der Waals surface area contributed by atoms with Crippen molar-refractivity contribution in [2.45, 2.75) is 6.92 Å². The number of methoxy groups -OCH3 is 2. The van der Waals surface area contributed by atoms with Crippen molar-refractivity contribution in [3.05, 3.63) is 48.3 Å². The number of benzene rings is 2. The van der Waals surface area contributed by atoms with E-state index in [-0.39, 0.29) is 18.3 Å². The van der Waals surface area contributed by atoms with Crippen LogP contribution in [0.2, 0.25) is 0 Å². The van der Waals surface area contributed by atoms with Gasteiger partial charge in [-0.2, -0.15) is 0 Å². The first-order valence-corrected chi connectivity index (χ1v) is 7.59. The van der Waals surface area contributed by atoms with Gasteiger partial charge in [-0.25, -0.2) is 4.39 Å². The molecule has 0 aromatic heterocycles. The van der Waals surface area contributed by atoms with Gasteiger partial charge in [0.15, 0.2) is 11.5 Å². The molecule has 0 aliphatic rings. The summed E-state index contributed by atoms with van der Waals surface area (Å²) in [6.07, 6.45) is 0. The van der Waals surface area contributed by atoms with Crippen LogP contribution in [0.5, 0.6) is 11.5 Å². The number of halogens is 1. The monoisotopic (exact) mass is 332 g/mol. The Morgan fingerprint density at radius 1 is 1.08 bits per heavy atom. The lowest BCUT2D eigenvalue weighted by Crippen LogP contribution is -2.33. The standard InChI is InChI=1S/C18H21FN2O3/c1-4-21(15-8-5-13(19)6-9-15)12-18(22)20-14-7-10-16(23-2)17(11-14)24-3/h5-11H,4,12H2,1-3H3,(H,20,22). The minimum Gasteiger partial charge on any atom is -0.493 e. The molecule has 0 saturated carbocycles. The number of nitrogens with one attached hydrogen (secondary N) is 1.